The predicted octanol–water partition coefficient (Wildman–Crippen LogP) is 2.43. The number of aromatic hydroxyl groups is 1. The van der Waals surface area contributed by atoms with Crippen molar-refractivity contribution < 1.29 is 15.0 Å². The summed E-state index contributed by atoms with van der Waals surface area (Å²) in [5.74, 6) is -1.38. The highest BCUT2D eigenvalue weighted by Gasteiger charge is 2.15. The Balaban J connectivity index is 2.96. The third kappa shape index (κ3) is 1.42. The van der Waals surface area contributed by atoms with Gasteiger partial charge in [0.2, 0.25) is 0 Å². The zero-order valence-corrected chi connectivity index (χ0v) is 7.90. The predicted molar refractivity (Wildman–Crippen MR) is 57.0 cm³/mol. The van der Waals surface area contributed by atoms with Crippen LogP contribution in [0.1, 0.15) is 15.9 Å². The van der Waals surface area contributed by atoms with Crippen molar-refractivity contribution in [1.29, 1.82) is 0 Å². The van der Waals surface area contributed by atoms with Gasteiger partial charge in [-0.05, 0) is 23.9 Å². The van der Waals surface area contributed by atoms with E-state index in [1.165, 1.54) is 6.07 Å². The molecule has 0 aliphatic rings. The van der Waals surface area contributed by atoms with Gasteiger partial charge in [0.05, 0.1) is 0 Å². The fraction of sp³-hybridized carbons (Fsp3) is 0. The van der Waals surface area contributed by atoms with Gasteiger partial charge in [-0.3, -0.25) is 0 Å². The second-order valence-electron chi connectivity index (χ2n) is 3.28. The van der Waals surface area contributed by atoms with Gasteiger partial charge in [0.15, 0.2) is 0 Å². The summed E-state index contributed by atoms with van der Waals surface area (Å²) in [5.41, 5.74) is 0.547. The van der Waals surface area contributed by atoms with Gasteiger partial charge in [-0.1, -0.05) is 24.3 Å². The summed E-state index contributed by atoms with van der Waals surface area (Å²) in [5, 5.41) is 19.8. The van der Waals surface area contributed by atoms with Crippen molar-refractivity contribution in [2.24, 2.45) is 0 Å². The van der Waals surface area contributed by atoms with Crippen molar-refractivity contribution in [1.82, 2.24) is 0 Å². The molecule has 0 saturated heterocycles. The molecule has 0 atom stereocenters. The first-order valence-electron chi connectivity index (χ1n) is 4.41. The van der Waals surface area contributed by atoms with Crippen molar-refractivity contribution in [3.63, 3.8) is 0 Å². The van der Waals surface area contributed by atoms with Gasteiger partial charge in [0, 0.05) is 5.39 Å². The molecule has 15 heavy (non-hydrogen) atoms. The highest BCUT2D eigenvalue weighted by atomic mass is 16.4. The van der Waals surface area contributed by atoms with Gasteiger partial charge in [0.1, 0.15) is 11.3 Å². The van der Waals surface area contributed by atoms with Gasteiger partial charge >= 0.3 is 5.97 Å². The third-order valence-corrected chi connectivity index (χ3v) is 2.32. The summed E-state index contributed by atoms with van der Waals surface area (Å²) >= 11 is 0. The topological polar surface area (TPSA) is 57.5 Å². The van der Waals surface area contributed by atoms with Crippen LogP contribution >= 0.6 is 0 Å². The Bertz CT molecular complexity index is 544. The van der Waals surface area contributed by atoms with Crippen LogP contribution in [-0.4, -0.2) is 16.2 Å². The SMILES string of the molecule is [CH2]c1cc(O)c(C(=O)O)c2ccccc12. The molecule has 0 spiro atoms. The van der Waals surface area contributed by atoms with E-state index in [-0.39, 0.29) is 11.3 Å². The Labute approximate surface area is 86.6 Å². The molecule has 2 rings (SSSR count). The summed E-state index contributed by atoms with van der Waals surface area (Å²) in [6.45, 7) is 3.76. The number of hydrogen-bond donors (Lipinski definition) is 2. The van der Waals surface area contributed by atoms with Crippen LogP contribution in [0.15, 0.2) is 30.3 Å². The lowest BCUT2D eigenvalue weighted by molar-refractivity contribution is 0.0696. The highest BCUT2D eigenvalue weighted by molar-refractivity contribution is 6.07. The van der Waals surface area contributed by atoms with Crippen molar-refractivity contribution in [3.05, 3.63) is 48.4 Å². The smallest absolute Gasteiger partial charge is 0.340 e. The summed E-state index contributed by atoms with van der Waals surface area (Å²) in [7, 11) is 0. The van der Waals surface area contributed by atoms with Gasteiger partial charge in [-0.2, -0.15) is 0 Å². The third-order valence-electron chi connectivity index (χ3n) is 2.32. The van der Waals surface area contributed by atoms with E-state index in [2.05, 4.69) is 6.92 Å². The van der Waals surface area contributed by atoms with Crippen LogP contribution in [-0.2, 0) is 0 Å². The number of phenols is 1. The van der Waals surface area contributed by atoms with Gasteiger partial charge in [-0.25, -0.2) is 4.79 Å². The van der Waals surface area contributed by atoms with Gasteiger partial charge in [-0.15, -0.1) is 0 Å². The first-order valence-corrected chi connectivity index (χ1v) is 4.41. The van der Waals surface area contributed by atoms with E-state index in [1.54, 1.807) is 24.3 Å². The summed E-state index contributed by atoms with van der Waals surface area (Å²) in [6.07, 6.45) is 0. The van der Waals surface area contributed by atoms with Crippen LogP contribution in [0.5, 0.6) is 5.75 Å². The molecule has 0 bridgehead atoms. The molecule has 0 saturated carbocycles. The molecule has 0 aliphatic heterocycles. The maximum absolute atomic E-state index is 11.0. The molecule has 2 aromatic carbocycles. The number of hydrogen-bond acceptors (Lipinski definition) is 2. The van der Waals surface area contributed by atoms with Gasteiger partial charge < -0.3 is 10.2 Å². The molecule has 0 amide bonds. The zero-order chi connectivity index (χ0) is 11.0. The van der Waals surface area contributed by atoms with Crippen molar-refractivity contribution >= 4 is 16.7 Å². The number of fused-ring (bicyclic) bond motifs is 1. The molecule has 75 valence electrons. The largest absolute Gasteiger partial charge is 0.507 e. The van der Waals surface area contributed by atoms with Crippen LogP contribution in [0.4, 0.5) is 0 Å². The minimum Gasteiger partial charge on any atom is -0.507 e. The summed E-state index contributed by atoms with van der Waals surface area (Å²) in [6, 6.07) is 8.34. The average Bonchev–Trinajstić information content (AvgIpc) is 2.17. The molecular weight excluding hydrogens is 192 g/mol. The monoisotopic (exact) mass is 201 g/mol. The lowest BCUT2D eigenvalue weighted by Crippen LogP contribution is -1.99. The summed E-state index contributed by atoms with van der Waals surface area (Å²) in [4.78, 5) is 11.0. The van der Waals surface area contributed by atoms with E-state index in [0.717, 1.165) is 5.39 Å². The highest BCUT2D eigenvalue weighted by Crippen LogP contribution is 2.29. The lowest BCUT2D eigenvalue weighted by atomic mass is 9.99. The standard InChI is InChI=1S/C12H9O3/c1-7-6-10(13)11(12(14)15)9-5-3-2-4-8(7)9/h2-6,13H,1H2,(H,14,15). The second kappa shape index (κ2) is 3.28. The number of rotatable bonds is 1. The van der Waals surface area contributed by atoms with E-state index in [1.807, 2.05) is 0 Å². The van der Waals surface area contributed by atoms with Crippen LogP contribution in [0, 0.1) is 6.92 Å². The quantitative estimate of drug-likeness (QED) is 0.744. The molecule has 0 aromatic heterocycles. The molecule has 3 heteroatoms. The maximum Gasteiger partial charge on any atom is 0.340 e. The van der Waals surface area contributed by atoms with Crippen molar-refractivity contribution in [2.75, 3.05) is 0 Å². The Morgan fingerprint density at radius 2 is 1.80 bits per heavy atom. The van der Waals surface area contributed by atoms with E-state index in [9.17, 15) is 9.90 Å². The maximum atomic E-state index is 11.0. The molecular formula is C12H9O3. The number of carboxylic acids is 1. The fourth-order valence-electron chi connectivity index (χ4n) is 1.66. The summed E-state index contributed by atoms with van der Waals surface area (Å²) < 4.78 is 0. The molecule has 1 radical (unpaired) electrons. The average molecular weight is 201 g/mol. The number of benzene rings is 2. The number of carboxylic acid groups (broad SMARTS) is 1. The molecule has 0 heterocycles. The van der Waals surface area contributed by atoms with E-state index < -0.39 is 5.97 Å². The Kier molecular flexibility index (Phi) is 2.08. The van der Waals surface area contributed by atoms with Crippen molar-refractivity contribution in [3.8, 4) is 5.75 Å². The molecule has 0 unspecified atom stereocenters. The van der Waals surface area contributed by atoms with Crippen LogP contribution in [0.25, 0.3) is 10.8 Å². The van der Waals surface area contributed by atoms with E-state index in [4.69, 9.17) is 5.11 Å². The first kappa shape index (κ1) is 9.52. The van der Waals surface area contributed by atoms with Crippen molar-refractivity contribution in [2.45, 2.75) is 0 Å². The first-order chi connectivity index (χ1) is 7.11. The second-order valence-corrected chi connectivity index (χ2v) is 3.28. The molecule has 3 nitrogen and oxygen atoms in total. The molecule has 2 aromatic rings. The fourth-order valence-corrected chi connectivity index (χ4v) is 1.66. The minimum atomic E-state index is -1.14. The van der Waals surface area contributed by atoms with Crippen LogP contribution in [0.2, 0.25) is 0 Å². The normalized spacial score (nSPS) is 10.5. The number of aromatic carboxylic acids is 1. The van der Waals surface area contributed by atoms with Crippen LogP contribution < -0.4 is 0 Å². The van der Waals surface area contributed by atoms with E-state index >= 15 is 0 Å². The Morgan fingerprint density at radius 3 is 2.40 bits per heavy atom. The molecule has 0 aliphatic carbocycles. The molecule has 0 fully saturated rings. The number of carbonyl (C=O) groups is 1. The molecule has 2 N–H and O–H groups in total. The Hall–Kier alpha value is -2.03. The lowest BCUT2D eigenvalue weighted by Gasteiger charge is -2.07. The van der Waals surface area contributed by atoms with Gasteiger partial charge in [0.25, 0.3) is 0 Å². The zero-order valence-electron chi connectivity index (χ0n) is 7.90. The van der Waals surface area contributed by atoms with Crippen LogP contribution in [0.3, 0.4) is 0 Å². The Morgan fingerprint density at radius 1 is 1.20 bits per heavy atom. The van der Waals surface area contributed by atoms with E-state index in [0.29, 0.717) is 10.9 Å². The minimum absolute atomic E-state index is 0.0713.